The first-order chi connectivity index (χ1) is 14.2. The Hall–Kier alpha value is -3.53. The van der Waals surface area contributed by atoms with Crippen molar-refractivity contribution in [3.8, 4) is 5.69 Å². The molecule has 0 fully saturated rings. The van der Waals surface area contributed by atoms with E-state index in [1.54, 1.807) is 19.1 Å². The minimum absolute atomic E-state index is 0.00741. The van der Waals surface area contributed by atoms with Crippen LogP contribution < -0.4 is 0 Å². The number of nitro benzene ring substituents is 1. The highest BCUT2D eigenvalue weighted by atomic mass is 32.2. The Kier molecular flexibility index (Phi) is 5.70. The number of hydrogen-bond acceptors (Lipinski definition) is 7. The minimum atomic E-state index is -4.12. The molecule has 0 aliphatic carbocycles. The summed E-state index contributed by atoms with van der Waals surface area (Å²) in [6.07, 6.45) is 0. The lowest BCUT2D eigenvalue weighted by molar-refractivity contribution is -0.384. The lowest BCUT2D eigenvalue weighted by Gasteiger charge is -2.06. The zero-order valence-electron chi connectivity index (χ0n) is 16.5. The molecule has 30 heavy (non-hydrogen) atoms. The van der Waals surface area contributed by atoms with Gasteiger partial charge >= 0.3 is 5.97 Å². The lowest BCUT2D eigenvalue weighted by Crippen LogP contribution is -2.12. The van der Waals surface area contributed by atoms with Crippen molar-refractivity contribution in [2.24, 2.45) is 0 Å². The average Bonchev–Trinajstić information content (AvgIpc) is 3.06. The maximum absolute atomic E-state index is 13.2. The van der Waals surface area contributed by atoms with Gasteiger partial charge in [0.1, 0.15) is 5.56 Å². The Bertz CT molecular complexity index is 1210. The summed E-state index contributed by atoms with van der Waals surface area (Å²) in [6, 6.07) is 11.6. The van der Waals surface area contributed by atoms with E-state index in [0.29, 0.717) is 5.69 Å². The molecule has 0 spiro atoms. The molecule has 0 aliphatic heterocycles. The largest absolute Gasteiger partial charge is 0.462 e. The fraction of sp³-hybridized carbons (Fsp3) is 0.200. The molecule has 156 valence electrons. The summed E-state index contributed by atoms with van der Waals surface area (Å²) in [5.41, 5.74) is 1.20. The number of hydrogen-bond donors (Lipinski definition) is 0. The Morgan fingerprint density at radius 3 is 2.23 bits per heavy atom. The van der Waals surface area contributed by atoms with Gasteiger partial charge in [-0.2, -0.15) is 5.10 Å². The van der Waals surface area contributed by atoms with E-state index in [1.807, 2.05) is 6.92 Å². The first kappa shape index (κ1) is 21.2. The second-order valence-corrected chi connectivity index (χ2v) is 8.35. The van der Waals surface area contributed by atoms with E-state index in [1.165, 1.54) is 48.0 Å². The molecule has 1 heterocycles. The molecule has 0 unspecified atom stereocenters. The van der Waals surface area contributed by atoms with Crippen molar-refractivity contribution < 1.29 is 22.9 Å². The number of esters is 1. The molecule has 1 aromatic heterocycles. The normalized spacial score (nSPS) is 11.3. The first-order valence-electron chi connectivity index (χ1n) is 9.00. The summed E-state index contributed by atoms with van der Waals surface area (Å²) in [6.45, 7) is 5.04. The van der Waals surface area contributed by atoms with Crippen LogP contribution in [0.2, 0.25) is 0 Å². The van der Waals surface area contributed by atoms with Gasteiger partial charge in [-0.3, -0.25) is 10.1 Å². The molecule has 0 bridgehead atoms. The number of non-ortho nitro benzene ring substituents is 1. The maximum Gasteiger partial charge on any atom is 0.343 e. The fourth-order valence-corrected chi connectivity index (χ4v) is 4.31. The standard InChI is InChI=1S/C20H19N3O6S/c1-4-29-20(24)18-14(3)22(15-7-9-16(10-8-15)23(25)26)21-19(18)30(27,28)17-11-5-13(2)6-12-17/h5-12H,4H2,1-3H3. The van der Waals surface area contributed by atoms with Gasteiger partial charge in [0, 0.05) is 12.1 Å². The molecule has 0 radical (unpaired) electrons. The Morgan fingerprint density at radius 2 is 1.70 bits per heavy atom. The van der Waals surface area contributed by atoms with Gasteiger partial charge < -0.3 is 4.74 Å². The molecule has 0 N–H and O–H groups in total. The Labute approximate surface area is 173 Å². The number of benzene rings is 2. The molecule has 2 aromatic carbocycles. The van der Waals surface area contributed by atoms with Crippen molar-refractivity contribution in [3.05, 3.63) is 75.5 Å². The molecule has 0 atom stereocenters. The number of carbonyl (C=O) groups is 1. The van der Waals surface area contributed by atoms with Crippen molar-refractivity contribution in [1.82, 2.24) is 9.78 Å². The number of ether oxygens (including phenoxy) is 1. The monoisotopic (exact) mass is 429 g/mol. The van der Waals surface area contributed by atoms with Gasteiger partial charge in [0.2, 0.25) is 9.84 Å². The zero-order chi connectivity index (χ0) is 22.1. The number of aryl methyl sites for hydroxylation is 1. The number of carbonyl (C=O) groups excluding carboxylic acids is 1. The summed E-state index contributed by atoms with van der Waals surface area (Å²) in [5, 5.41) is 14.6. The topological polar surface area (TPSA) is 121 Å². The molecule has 10 heteroatoms. The van der Waals surface area contributed by atoms with Crippen LogP contribution in [0.3, 0.4) is 0 Å². The van der Waals surface area contributed by atoms with Gasteiger partial charge in [-0.15, -0.1) is 0 Å². The maximum atomic E-state index is 13.2. The summed E-state index contributed by atoms with van der Waals surface area (Å²) >= 11 is 0. The Balaban J connectivity index is 2.21. The molecule has 0 saturated heterocycles. The predicted molar refractivity (Wildman–Crippen MR) is 108 cm³/mol. The Morgan fingerprint density at radius 1 is 1.10 bits per heavy atom. The SMILES string of the molecule is CCOC(=O)c1c(S(=O)(=O)c2ccc(C)cc2)nn(-c2ccc([N+](=O)[O-])cc2)c1C. The molecule has 9 nitrogen and oxygen atoms in total. The van der Waals surface area contributed by atoms with Crippen molar-refractivity contribution in [3.63, 3.8) is 0 Å². The van der Waals surface area contributed by atoms with Gasteiger partial charge in [-0.05, 0) is 45.0 Å². The van der Waals surface area contributed by atoms with Gasteiger partial charge in [-0.25, -0.2) is 17.9 Å². The molecule has 0 aliphatic rings. The van der Waals surface area contributed by atoms with Crippen LogP contribution >= 0.6 is 0 Å². The smallest absolute Gasteiger partial charge is 0.343 e. The number of nitrogens with zero attached hydrogens (tertiary/aromatic N) is 3. The quantitative estimate of drug-likeness (QED) is 0.334. The van der Waals surface area contributed by atoms with E-state index in [4.69, 9.17) is 4.74 Å². The molecule has 3 rings (SSSR count). The van der Waals surface area contributed by atoms with E-state index in [2.05, 4.69) is 5.10 Å². The van der Waals surface area contributed by atoms with Crippen LogP contribution in [0, 0.1) is 24.0 Å². The number of aromatic nitrogens is 2. The third-order valence-corrected chi connectivity index (χ3v) is 6.14. The highest BCUT2D eigenvalue weighted by molar-refractivity contribution is 7.91. The summed E-state index contributed by atoms with van der Waals surface area (Å²) in [4.78, 5) is 22.9. The van der Waals surface area contributed by atoms with E-state index < -0.39 is 25.8 Å². The second-order valence-electron chi connectivity index (χ2n) is 6.49. The number of rotatable bonds is 6. The lowest BCUT2D eigenvalue weighted by atomic mass is 10.2. The molecular formula is C20H19N3O6S. The molecular weight excluding hydrogens is 410 g/mol. The summed E-state index contributed by atoms with van der Waals surface area (Å²) < 4.78 is 32.8. The average molecular weight is 429 g/mol. The van der Waals surface area contributed by atoms with Crippen molar-refractivity contribution in [2.75, 3.05) is 6.61 Å². The van der Waals surface area contributed by atoms with Crippen molar-refractivity contribution in [2.45, 2.75) is 30.7 Å². The van der Waals surface area contributed by atoms with Crippen LogP contribution in [0.4, 0.5) is 5.69 Å². The molecule has 3 aromatic rings. The first-order valence-corrected chi connectivity index (χ1v) is 10.5. The highest BCUT2D eigenvalue weighted by Gasteiger charge is 2.32. The summed E-state index contributed by atoms with van der Waals surface area (Å²) in [5.74, 6) is -0.811. The van der Waals surface area contributed by atoms with E-state index >= 15 is 0 Å². The van der Waals surface area contributed by atoms with Crippen LogP contribution in [0.1, 0.15) is 28.5 Å². The van der Waals surface area contributed by atoms with Crippen LogP contribution in [-0.2, 0) is 14.6 Å². The van der Waals surface area contributed by atoms with Gasteiger partial charge in [0.05, 0.1) is 27.8 Å². The third kappa shape index (κ3) is 3.81. The van der Waals surface area contributed by atoms with Crippen LogP contribution in [0.5, 0.6) is 0 Å². The third-order valence-electron chi connectivity index (χ3n) is 4.45. The van der Waals surface area contributed by atoms with Crippen LogP contribution in [0.25, 0.3) is 5.69 Å². The molecule has 0 saturated carbocycles. The molecule has 0 amide bonds. The van der Waals surface area contributed by atoms with Crippen molar-refractivity contribution in [1.29, 1.82) is 0 Å². The fourth-order valence-electron chi connectivity index (χ4n) is 2.90. The minimum Gasteiger partial charge on any atom is -0.462 e. The van der Waals surface area contributed by atoms with Gasteiger partial charge in [-0.1, -0.05) is 17.7 Å². The zero-order valence-corrected chi connectivity index (χ0v) is 17.3. The number of nitro groups is 1. The van der Waals surface area contributed by atoms with Gasteiger partial charge in [0.15, 0.2) is 5.03 Å². The van der Waals surface area contributed by atoms with E-state index in [9.17, 15) is 23.3 Å². The predicted octanol–water partition coefficient (Wildman–Crippen LogP) is 3.41. The summed E-state index contributed by atoms with van der Waals surface area (Å²) in [7, 11) is -4.12. The van der Waals surface area contributed by atoms with E-state index in [-0.39, 0.29) is 28.4 Å². The van der Waals surface area contributed by atoms with Gasteiger partial charge in [0.25, 0.3) is 5.69 Å². The van der Waals surface area contributed by atoms with E-state index in [0.717, 1.165) is 5.56 Å². The highest BCUT2D eigenvalue weighted by Crippen LogP contribution is 2.28. The van der Waals surface area contributed by atoms with Crippen LogP contribution in [-0.4, -0.2) is 35.7 Å². The van der Waals surface area contributed by atoms with Crippen LogP contribution in [0.15, 0.2) is 58.5 Å². The number of sulfone groups is 1. The van der Waals surface area contributed by atoms with Crippen molar-refractivity contribution >= 4 is 21.5 Å². The second kappa shape index (κ2) is 8.07.